The van der Waals surface area contributed by atoms with E-state index < -0.39 is 4.92 Å². The quantitative estimate of drug-likeness (QED) is 0.592. The largest absolute Gasteiger partial charge is 0.491 e. The van der Waals surface area contributed by atoms with Gasteiger partial charge in [0.05, 0.1) is 17.2 Å². The Morgan fingerprint density at radius 3 is 2.50 bits per heavy atom. The van der Waals surface area contributed by atoms with Gasteiger partial charge in [0.1, 0.15) is 11.5 Å². The Hall–Kier alpha value is -3.09. The molecule has 0 fully saturated rings. The van der Waals surface area contributed by atoms with Gasteiger partial charge in [-0.05, 0) is 30.7 Å². The summed E-state index contributed by atoms with van der Waals surface area (Å²) in [6, 6.07) is 12.7. The van der Waals surface area contributed by atoms with Crippen LogP contribution in [0.1, 0.15) is 13.3 Å². The lowest BCUT2D eigenvalue weighted by atomic mass is 10.3. The predicted molar refractivity (Wildman–Crippen MR) is 89.4 cm³/mol. The van der Waals surface area contributed by atoms with Crippen molar-refractivity contribution in [3.63, 3.8) is 0 Å². The number of hydrogen-bond donors (Lipinski definition) is 1. The summed E-state index contributed by atoms with van der Waals surface area (Å²) in [5, 5.41) is 13.3. The third-order valence-corrected chi connectivity index (χ3v) is 3.04. The normalized spacial score (nSPS) is 10.0. The van der Waals surface area contributed by atoms with Crippen molar-refractivity contribution in [1.29, 1.82) is 0 Å². The number of anilines is 1. The molecule has 0 atom stereocenters. The van der Waals surface area contributed by atoms with Crippen LogP contribution in [0.5, 0.6) is 11.5 Å². The summed E-state index contributed by atoms with van der Waals surface area (Å²) in [6.45, 7) is 2.35. The summed E-state index contributed by atoms with van der Waals surface area (Å²) in [7, 11) is 0. The van der Waals surface area contributed by atoms with Crippen molar-refractivity contribution in [2.45, 2.75) is 13.3 Å². The third-order valence-electron chi connectivity index (χ3n) is 3.04. The van der Waals surface area contributed by atoms with E-state index in [9.17, 15) is 14.9 Å². The highest BCUT2D eigenvalue weighted by atomic mass is 16.6. The average molecular weight is 330 g/mol. The van der Waals surface area contributed by atoms with E-state index in [0.717, 1.165) is 6.42 Å². The second-order valence-electron chi connectivity index (χ2n) is 4.93. The van der Waals surface area contributed by atoms with Gasteiger partial charge in [-0.25, -0.2) is 0 Å². The van der Waals surface area contributed by atoms with E-state index >= 15 is 0 Å². The van der Waals surface area contributed by atoms with Crippen molar-refractivity contribution >= 4 is 17.3 Å². The van der Waals surface area contributed by atoms with Crippen molar-refractivity contribution in [2.24, 2.45) is 0 Å². The van der Waals surface area contributed by atoms with Gasteiger partial charge in [-0.2, -0.15) is 0 Å². The lowest BCUT2D eigenvalue weighted by Gasteiger charge is -2.12. The Morgan fingerprint density at radius 2 is 1.83 bits per heavy atom. The van der Waals surface area contributed by atoms with Gasteiger partial charge in [-0.1, -0.05) is 19.1 Å². The molecule has 0 heterocycles. The molecule has 0 saturated carbocycles. The molecule has 1 amide bonds. The van der Waals surface area contributed by atoms with Crippen LogP contribution in [-0.2, 0) is 4.79 Å². The second-order valence-corrected chi connectivity index (χ2v) is 4.93. The van der Waals surface area contributed by atoms with Crippen LogP contribution in [0.15, 0.2) is 48.5 Å². The van der Waals surface area contributed by atoms with Gasteiger partial charge in [0.15, 0.2) is 6.61 Å². The minimum Gasteiger partial charge on any atom is -0.491 e. The molecule has 0 unspecified atom stereocenters. The number of nitro groups is 1. The molecule has 7 nitrogen and oxygen atoms in total. The Kier molecular flexibility index (Phi) is 6.13. The summed E-state index contributed by atoms with van der Waals surface area (Å²) >= 11 is 0. The smallest absolute Gasteiger partial charge is 0.269 e. The highest BCUT2D eigenvalue weighted by molar-refractivity contribution is 5.93. The van der Waals surface area contributed by atoms with Crippen molar-refractivity contribution in [2.75, 3.05) is 18.5 Å². The minimum atomic E-state index is -0.496. The summed E-state index contributed by atoms with van der Waals surface area (Å²) in [6.07, 6.45) is 0.867. The Labute approximate surface area is 139 Å². The average Bonchev–Trinajstić information content (AvgIpc) is 2.59. The van der Waals surface area contributed by atoms with E-state index in [1.165, 1.54) is 24.3 Å². The zero-order valence-corrected chi connectivity index (χ0v) is 13.2. The van der Waals surface area contributed by atoms with Gasteiger partial charge in [0.25, 0.3) is 11.6 Å². The zero-order chi connectivity index (χ0) is 17.4. The maximum atomic E-state index is 12.0. The van der Waals surface area contributed by atoms with Gasteiger partial charge < -0.3 is 14.8 Å². The first-order valence-electron chi connectivity index (χ1n) is 7.49. The predicted octanol–water partition coefficient (Wildman–Crippen LogP) is 3.40. The van der Waals surface area contributed by atoms with Crippen molar-refractivity contribution in [3.05, 3.63) is 58.6 Å². The fourth-order valence-electron chi connectivity index (χ4n) is 1.91. The maximum Gasteiger partial charge on any atom is 0.269 e. The number of para-hydroxylation sites is 2. The van der Waals surface area contributed by atoms with E-state index in [1.54, 1.807) is 18.2 Å². The van der Waals surface area contributed by atoms with Gasteiger partial charge in [-0.3, -0.25) is 14.9 Å². The monoisotopic (exact) mass is 330 g/mol. The molecule has 0 aliphatic rings. The number of nitro benzene ring substituents is 1. The molecule has 0 spiro atoms. The molecule has 2 rings (SSSR count). The number of non-ortho nitro benzene ring substituents is 1. The maximum absolute atomic E-state index is 12.0. The van der Waals surface area contributed by atoms with Crippen LogP contribution in [0.2, 0.25) is 0 Å². The van der Waals surface area contributed by atoms with Gasteiger partial charge in [0, 0.05) is 12.1 Å². The molecule has 1 N–H and O–H groups in total. The van der Waals surface area contributed by atoms with E-state index in [1.807, 2.05) is 13.0 Å². The molecule has 0 radical (unpaired) electrons. The Bertz CT molecular complexity index is 700. The summed E-state index contributed by atoms with van der Waals surface area (Å²) in [5.41, 5.74) is 0.539. The Morgan fingerprint density at radius 1 is 1.12 bits per heavy atom. The molecule has 0 aromatic heterocycles. The van der Waals surface area contributed by atoms with E-state index in [0.29, 0.717) is 23.8 Å². The van der Waals surface area contributed by atoms with Crippen molar-refractivity contribution in [1.82, 2.24) is 0 Å². The number of rotatable bonds is 8. The second kappa shape index (κ2) is 8.52. The minimum absolute atomic E-state index is 0.0335. The van der Waals surface area contributed by atoms with Crippen LogP contribution in [0.25, 0.3) is 0 Å². The SMILES string of the molecule is CCCOc1ccccc1NC(=O)COc1ccc([N+](=O)[O-])cc1. The van der Waals surface area contributed by atoms with Crippen LogP contribution in [0.3, 0.4) is 0 Å². The van der Waals surface area contributed by atoms with Crippen LogP contribution in [0.4, 0.5) is 11.4 Å². The number of hydrogen-bond acceptors (Lipinski definition) is 5. The van der Waals surface area contributed by atoms with Crippen LogP contribution >= 0.6 is 0 Å². The molecular formula is C17H18N2O5. The van der Waals surface area contributed by atoms with Crippen LogP contribution in [0, 0.1) is 10.1 Å². The third kappa shape index (κ3) is 4.98. The number of carbonyl (C=O) groups is 1. The van der Waals surface area contributed by atoms with E-state index in [-0.39, 0.29) is 18.2 Å². The van der Waals surface area contributed by atoms with Crippen molar-refractivity contribution in [3.8, 4) is 11.5 Å². The van der Waals surface area contributed by atoms with Crippen LogP contribution in [-0.4, -0.2) is 24.0 Å². The summed E-state index contributed by atoms with van der Waals surface area (Å²) in [4.78, 5) is 22.1. The van der Waals surface area contributed by atoms with E-state index in [4.69, 9.17) is 9.47 Å². The number of amides is 1. The first-order chi connectivity index (χ1) is 11.6. The zero-order valence-electron chi connectivity index (χ0n) is 13.2. The first-order valence-corrected chi connectivity index (χ1v) is 7.49. The van der Waals surface area contributed by atoms with E-state index in [2.05, 4.69) is 5.32 Å². The fraction of sp³-hybridized carbons (Fsp3) is 0.235. The Balaban J connectivity index is 1.90. The number of nitrogens with one attached hydrogen (secondary N) is 1. The van der Waals surface area contributed by atoms with Gasteiger partial charge >= 0.3 is 0 Å². The highest BCUT2D eigenvalue weighted by Gasteiger charge is 2.09. The number of nitrogens with zero attached hydrogens (tertiary/aromatic N) is 1. The molecule has 7 heteroatoms. The van der Waals surface area contributed by atoms with Gasteiger partial charge in [-0.15, -0.1) is 0 Å². The standard InChI is InChI=1S/C17H18N2O5/c1-2-11-23-16-6-4-3-5-15(16)18-17(20)12-24-14-9-7-13(8-10-14)19(21)22/h3-10H,2,11-12H2,1H3,(H,18,20). The molecule has 126 valence electrons. The molecule has 0 bridgehead atoms. The lowest BCUT2D eigenvalue weighted by Crippen LogP contribution is -2.20. The van der Waals surface area contributed by atoms with Crippen LogP contribution < -0.4 is 14.8 Å². The number of carbonyl (C=O) groups excluding carboxylic acids is 1. The molecule has 2 aromatic rings. The fourth-order valence-corrected chi connectivity index (χ4v) is 1.91. The lowest BCUT2D eigenvalue weighted by molar-refractivity contribution is -0.384. The highest BCUT2D eigenvalue weighted by Crippen LogP contribution is 2.24. The molecule has 2 aromatic carbocycles. The summed E-state index contributed by atoms with van der Waals surface area (Å²) in [5.74, 6) is 0.634. The molecule has 0 aliphatic heterocycles. The molecular weight excluding hydrogens is 312 g/mol. The molecule has 0 aliphatic carbocycles. The number of ether oxygens (including phenoxy) is 2. The summed E-state index contributed by atoms with van der Waals surface area (Å²) < 4.78 is 10.9. The van der Waals surface area contributed by atoms with Crippen molar-refractivity contribution < 1.29 is 19.2 Å². The molecule has 0 saturated heterocycles. The molecule has 24 heavy (non-hydrogen) atoms. The first kappa shape index (κ1) is 17.3. The number of benzene rings is 2. The van der Waals surface area contributed by atoms with Gasteiger partial charge in [0.2, 0.25) is 0 Å². The topological polar surface area (TPSA) is 90.7 Å².